The zero-order valence-electron chi connectivity index (χ0n) is 14.9. The Morgan fingerprint density at radius 2 is 1.93 bits per heavy atom. The number of hydrogen-bond acceptors (Lipinski definition) is 8. The molecule has 29 heavy (non-hydrogen) atoms. The van der Waals surface area contributed by atoms with Crippen molar-refractivity contribution < 1.29 is 4.74 Å². The first-order valence-electron chi connectivity index (χ1n) is 8.76. The van der Waals surface area contributed by atoms with Crippen LogP contribution in [0.25, 0.3) is 21.1 Å². The van der Waals surface area contributed by atoms with Gasteiger partial charge in [0.25, 0.3) is 0 Å². The van der Waals surface area contributed by atoms with Crippen LogP contribution in [0.3, 0.4) is 0 Å². The first-order chi connectivity index (χ1) is 14.3. The van der Waals surface area contributed by atoms with E-state index < -0.39 is 5.92 Å². The predicted octanol–water partition coefficient (Wildman–Crippen LogP) is 4.48. The van der Waals surface area contributed by atoms with Crippen molar-refractivity contribution >= 4 is 32.5 Å². The molecule has 0 aliphatic carbocycles. The zero-order chi connectivity index (χ0) is 19.6. The average Bonchev–Trinajstić information content (AvgIpc) is 3.18. The van der Waals surface area contributed by atoms with Crippen molar-refractivity contribution in [2.45, 2.75) is 5.92 Å². The van der Waals surface area contributed by atoms with Crippen LogP contribution in [0.5, 0.6) is 11.8 Å². The molecule has 1 unspecified atom stereocenters. The van der Waals surface area contributed by atoms with Gasteiger partial charge in [-0.1, -0.05) is 6.07 Å². The van der Waals surface area contributed by atoms with E-state index in [1.165, 1.54) is 11.3 Å². The maximum absolute atomic E-state index is 9.75. The van der Waals surface area contributed by atoms with Gasteiger partial charge >= 0.3 is 6.01 Å². The SMILES string of the molecule is N#CC(c1ccnc(Oc2ccc3ncccc3c2)n1)c1nc2cnccc2s1. The molecule has 0 fully saturated rings. The van der Waals surface area contributed by atoms with Gasteiger partial charge in [-0.15, -0.1) is 11.3 Å². The van der Waals surface area contributed by atoms with Crippen molar-refractivity contribution in [3.8, 4) is 17.8 Å². The Morgan fingerprint density at radius 3 is 2.83 bits per heavy atom. The van der Waals surface area contributed by atoms with Crippen LogP contribution in [-0.4, -0.2) is 24.9 Å². The number of thiazole rings is 1. The fourth-order valence-electron chi connectivity index (χ4n) is 2.96. The van der Waals surface area contributed by atoms with Gasteiger partial charge in [-0.2, -0.15) is 10.2 Å². The van der Waals surface area contributed by atoms with Crippen molar-refractivity contribution in [1.29, 1.82) is 5.26 Å². The molecule has 0 aliphatic rings. The number of benzene rings is 1. The van der Waals surface area contributed by atoms with Crippen LogP contribution in [0.4, 0.5) is 0 Å². The Hall–Kier alpha value is -3.96. The molecule has 0 bridgehead atoms. The third-order valence-electron chi connectivity index (χ3n) is 4.32. The van der Waals surface area contributed by atoms with Gasteiger partial charge in [0.05, 0.1) is 33.7 Å². The molecule has 0 spiro atoms. The quantitative estimate of drug-likeness (QED) is 0.442. The van der Waals surface area contributed by atoms with E-state index in [4.69, 9.17) is 4.74 Å². The molecular weight excluding hydrogens is 384 g/mol. The molecule has 4 heterocycles. The fraction of sp³-hybridized carbons (Fsp3) is 0.0476. The molecule has 0 amide bonds. The van der Waals surface area contributed by atoms with Gasteiger partial charge < -0.3 is 4.74 Å². The molecule has 0 saturated heterocycles. The molecule has 1 aromatic carbocycles. The topological polar surface area (TPSA) is 97.5 Å². The molecule has 0 saturated carbocycles. The Kier molecular flexibility index (Phi) is 4.27. The van der Waals surface area contributed by atoms with Gasteiger partial charge in [-0.25, -0.2) is 9.97 Å². The Labute approximate surface area is 169 Å². The summed E-state index contributed by atoms with van der Waals surface area (Å²) in [6.45, 7) is 0. The fourth-order valence-corrected chi connectivity index (χ4v) is 3.95. The molecule has 5 rings (SSSR count). The molecule has 4 aromatic heterocycles. The van der Waals surface area contributed by atoms with Gasteiger partial charge in [0.2, 0.25) is 0 Å². The number of pyridine rings is 2. The summed E-state index contributed by atoms with van der Waals surface area (Å²) in [5, 5.41) is 11.4. The van der Waals surface area contributed by atoms with Gasteiger partial charge in [-0.05, 0) is 36.4 Å². The van der Waals surface area contributed by atoms with Crippen LogP contribution in [-0.2, 0) is 0 Å². The molecule has 1 atom stereocenters. The second kappa shape index (κ2) is 7.22. The van der Waals surface area contributed by atoms with E-state index in [1.807, 2.05) is 36.4 Å². The first kappa shape index (κ1) is 17.2. The normalized spacial score (nSPS) is 12.0. The standard InChI is InChI=1S/C21H12N6OS/c22-11-15(20-26-18-12-23-8-6-19(18)29-20)17-5-9-25-21(27-17)28-14-3-4-16-13(10-14)2-1-7-24-16/h1-10,12,15H. The van der Waals surface area contributed by atoms with E-state index in [-0.39, 0.29) is 6.01 Å². The highest BCUT2D eigenvalue weighted by molar-refractivity contribution is 7.18. The van der Waals surface area contributed by atoms with E-state index >= 15 is 0 Å². The van der Waals surface area contributed by atoms with Gasteiger partial charge in [0.15, 0.2) is 0 Å². The minimum atomic E-state index is -0.612. The minimum Gasteiger partial charge on any atom is -0.424 e. The molecule has 0 radical (unpaired) electrons. The summed E-state index contributed by atoms with van der Waals surface area (Å²) < 4.78 is 6.81. The highest BCUT2D eigenvalue weighted by Gasteiger charge is 2.20. The maximum atomic E-state index is 9.75. The van der Waals surface area contributed by atoms with Crippen LogP contribution in [0, 0.1) is 11.3 Å². The summed E-state index contributed by atoms with van der Waals surface area (Å²) in [5.41, 5.74) is 2.18. The highest BCUT2D eigenvalue weighted by atomic mass is 32.1. The van der Waals surface area contributed by atoms with Crippen molar-refractivity contribution in [3.05, 3.63) is 78.0 Å². The van der Waals surface area contributed by atoms with Crippen LogP contribution < -0.4 is 4.74 Å². The molecular formula is C21H12N6OS. The third kappa shape index (κ3) is 3.35. The number of rotatable bonds is 4. The predicted molar refractivity (Wildman–Crippen MR) is 109 cm³/mol. The van der Waals surface area contributed by atoms with Gasteiger partial charge in [-0.3, -0.25) is 9.97 Å². The summed E-state index contributed by atoms with van der Waals surface area (Å²) in [7, 11) is 0. The second-order valence-corrected chi connectivity index (χ2v) is 7.24. The van der Waals surface area contributed by atoms with Crippen molar-refractivity contribution in [3.63, 3.8) is 0 Å². The van der Waals surface area contributed by atoms with Crippen LogP contribution in [0.2, 0.25) is 0 Å². The van der Waals surface area contributed by atoms with Crippen LogP contribution in [0.15, 0.2) is 67.3 Å². The molecule has 138 valence electrons. The Morgan fingerprint density at radius 1 is 0.966 bits per heavy atom. The lowest BCUT2D eigenvalue weighted by Crippen LogP contribution is -2.03. The Bertz CT molecular complexity index is 1340. The number of hydrogen-bond donors (Lipinski definition) is 0. The first-order valence-corrected chi connectivity index (χ1v) is 9.57. The van der Waals surface area contributed by atoms with Crippen LogP contribution >= 0.6 is 11.3 Å². The van der Waals surface area contributed by atoms with Crippen molar-refractivity contribution in [2.75, 3.05) is 0 Å². The largest absolute Gasteiger partial charge is 0.424 e. The highest BCUT2D eigenvalue weighted by Crippen LogP contribution is 2.31. The maximum Gasteiger partial charge on any atom is 0.322 e. The third-order valence-corrected chi connectivity index (χ3v) is 5.42. The van der Waals surface area contributed by atoms with Gasteiger partial charge in [0, 0.05) is 24.0 Å². The molecule has 0 N–H and O–H groups in total. The average molecular weight is 396 g/mol. The Balaban J connectivity index is 1.46. The molecule has 0 aliphatic heterocycles. The summed E-state index contributed by atoms with van der Waals surface area (Å²) >= 11 is 1.45. The number of fused-ring (bicyclic) bond motifs is 2. The van der Waals surface area contributed by atoms with Crippen molar-refractivity contribution in [1.82, 2.24) is 24.9 Å². The lowest BCUT2D eigenvalue weighted by atomic mass is 10.1. The second-order valence-electron chi connectivity index (χ2n) is 6.18. The summed E-state index contributed by atoms with van der Waals surface area (Å²) in [5.74, 6) is -0.0132. The summed E-state index contributed by atoms with van der Waals surface area (Å²) in [6, 6.07) is 15.4. The van der Waals surface area contributed by atoms with E-state index in [9.17, 15) is 5.26 Å². The summed E-state index contributed by atoms with van der Waals surface area (Å²) in [6.07, 6.45) is 6.73. The number of aromatic nitrogens is 5. The van der Waals surface area contributed by atoms with E-state index in [0.29, 0.717) is 16.5 Å². The van der Waals surface area contributed by atoms with Crippen LogP contribution in [0.1, 0.15) is 16.6 Å². The molecule has 5 aromatic rings. The summed E-state index contributed by atoms with van der Waals surface area (Å²) in [4.78, 5) is 21.5. The lowest BCUT2D eigenvalue weighted by molar-refractivity contribution is 0.440. The van der Waals surface area contributed by atoms with E-state index in [0.717, 1.165) is 21.1 Å². The van der Waals surface area contributed by atoms with Gasteiger partial charge in [0.1, 0.15) is 16.7 Å². The number of nitriles is 1. The molecule has 7 nitrogen and oxygen atoms in total. The molecule has 8 heteroatoms. The number of ether oxygens (including phenoxy) is 1. The monoisotopic (exact) mass is 396 g/mol. The van der Waals surface area contributed by atoms with E-state index in [1.54, 1.807) is 30.9 Å². The van der Waals surface area contributed by atoms with E-state index in [2.05, 4.69) is 31.0 Å². The number of nitrogens with zero attached hydrogens (tertiary/aromatic N) is 6. The smallest absolute Gasteiger partial charge is 0.322 e. The zero-order valence-corrected chi connectivity index (χ0v) is 15.7. The minimum absolute atomic E-state index is 0.175. The lowest BCUT2D eigenvalue weighted by Gasteiger charge is -2.08. The van der Waals surface area contributed by atoms with Crippen molar-refractivity contribution in [2.24, 2.45) is 0 Å².